The standard InChI is InChI=1S/C17H23N3/c1-3-20-12-13(11-19-20)9-17(18-2)16-8-7-14-5-4-6-15(14)10-16/h7-8,10-12,17-18H,3-6,9H2,1-2H3. The van der Waals surface area contributed by atoms with Gasteiger partial charge in [0, 0.05) is 18.8 Å². The summed E-state index contributed by atoms with van der Waals surface area (Å²) in [6.07, 6.45) is 8.94. The number of rotatable bonds is 5. The minimum Gasteiger partial charge on any atom is -0.313 e. The van der Waals surface area contributed by atoms with Crippen molar-refractivity contribution in [2.24, 2.45) is 0 Å². The van der Waals surface area contributed by atoms with Crippen LogP contribution in [0.1, 0.15) is 41.6 Å². The Kier molecular flexibility index (Phi) is 3.88. The molecule has 1 aromatic carbocycles. The maximum atomic E-state index is 4.36. The lowest BCUT2D eigenvalue weighted by Gasteiger charge is -2.17. The van der Waals surface area contributed by atoms with Gasteiger partial charge in [0.05, 0.1) is 6.20 Å². The lowest BCUT2D eigenvalue weighted by atomic mass is 9.97. The van der Waals surface area contributed by atoms with E-state index >= 15 is 0 Å². The molecule has 0 aliphatic heterocycles. The molecule has 1 heterocycles. The van der Waals surface area contributed by atoms with Gasteiger partial charge >= 0.3 is 0 Å². The summed E-state index contributed by atoms with van der Waals surface area (Å²) in [5.74, 6) is 0. The lowest BCUT2D eigenvalue weighted by Crippen LogP contribution is -2.18. The fourth-order valence-corrected chi connectivity index (χ4v) is 3.12. The summed E-state index contributed by atoms with van der Waals surface area (Å²) in [4.78, 5) is 0. The molecule has 3 heteroatoms. The van der Waals surface area contributed by atoms with Gasteiger partial charge in [-0.25, -0.2) is 0 Å². The van der Waals surface area contributed by atoms with Crippen molar-refractivity contribution in [2.45, 2.75) is 45.2 Å². The van der Waals surface area contributed by atoms with E-state index in [0.717, 1.165) is 13.0 Å². The van der Waals surface area contributed by atoms with E-state index in [1.54, 1.807) is 11.1 Å². The van der Waals surface area contributed by atoms with Crippen molar-refractivity contribution in [1.29, 1.82) is 0 Å². The smallest absolute Gasteiger partial charge is 0.0522 e. The van der Waals surface area contributed by atoms with Crippen LogP contribution in [0.4, 0.5) is 0 Å². The zero-order chi connectivity index (χ0) is 13.9. The SMILES string of the molecule is CCn1cc(CC(NC)c2ccc3c(c2)CCC3)cn1. The quantitative estimate of drug-likeness (QED) is 0.904. The Morgan fingerprint density at radius 3 is 2.90 bits per heavy atom. The summed E-state index contributed by atoms with van der Waals surface area (Å²) < 4.78 is 1.99. The van der Waals surface area contributed by atoms with Gasteiger partial charge in [-0.05, 0) is 61.9 Å². The zero-order valence-electron chi connectivity index (χ0n) is 12.4. The highest BCUT2D eigenvalue weighted by Crippen LogP contribution is 2.26. The largest absolute Gasteiger partial charge is 0.313 e. The number of benzene rings is 1. The summed E-state index contributed by atoms with van der Waals surface area (Å²) in [5.41, 5.74) is 5.79. The Morgan fingerprint density at radius 2 is 2.15 bits per heavy atom. The van der Waals surface area contributed by atoms with Crippen molar-refractivity contribution in [3.63, 3.8) is 0 Å². The van der Waals surface area contributed by atoms with E-state index < -0.39 is 0 Å². The second-order valence-electron chi connectivity index (χ2n) is 5.63. The first kappa shape index (κ1) is 13.4. The summed E-state index contributed by atoms with van der Waals surface area (Å²) in [7, 11) is 2.04. The van der Waals surface area contributed by atoms with Crippen LogP contribution in [-0.4, -0.2) is 16.8 Å². The monoisotopic (exact) mass is 269 g/mol. The molecule has 1 unspecified atom stereocenters. The highest BCUT2D eigenvalue weighted by molar-refractivity contribution is 5.37. The van der Waals surface area contributed by atoms with Crippen LogP contribution < -0.4 is 5.32 Å². The first-order valence-electron chi connectivity index (χ1n) is 7.60. The van der Waals surface area contributed by atoms with Gasteiger partial charge in [-0.1, -0.05) is 18.2 Å². The Labute approximate surface area is 121 Å². The number of aryl methyl sites for hydroxylation is 3. The van der Waals surface area contributed by atoms with Crippen LogP contribution in [0, 0.1) is 0 Å². The van der Waals surface area contributed by atoms with Crippen molar-refractivity contribution in [1.82, 2.24) is 15.1 Å². The highest BCUT2D eigenvalue weighted by atomic mass is 15.3. The molecule has 0 fully saturated rings. The number of hydrogen-bond acceptors (Lipinski definition) is 2. The fraction of sp³-hybridized carbons (Fsp3) is 0.471. The van der Waals surface area contributed by atoms with E-state index in [4.69, 9.17) is 0 Å². The van der Waals surface area contributed by atoms with E-state index in [1.165, 1.54) is 30.4 Å². The van der Waals surface area contributed by atoms with E-state index in [1.807, 2.05) is 17.9 Å². The topological polar surface area (TPSA) is 29.9 Å². The molecule has 1 N–H and O–H groups in total. The first-order valence-corrected chi connectivity index (χ1v) is 7.60. The Bertz CT molecular complexity index is 586. The predicted octanol–water partition coefficient (Wildman–Crippen LogP) is 2.89. The van der Waals surface area contributed by atoms with Crippen LogP contribution in [0.3, 0.4) is 0 Å². The van der Waals surface area contributed by atoms with Crippen molar-refractivity contribution in [2.75, 3.05) is 7.05 Å². The summed E-state index contributed by atoms with van der Waals surface area (Å²) in [5, 5.41) is 7.81. The van der Waals surface area contributed by atoms with Crippen molar-refractivity contribution in [3.05, 3.63) is 52.8 Å². The summed E-state index contributed by atoms with van der Waals surface area (Å²) >= 11 is 0. The van der Waals surface area contributed by atoms with Crippen LogP contribution in [0.5, 0.6) is 0 Å². The van der Waals surface area contributed by atoms with Gasteiger partial charge < -0.3 is 5.32 Å². The van der Waals surface area contributed by atoms with Crippen LogP contribution >= 0.6 is 0 Å². The third kappa shape index (κ3) is 2.63. The first-order chi connectivity index (χ1) is 9.80. The summed E-state index contributed by atoms with van der Waals surface area (Å²) in [6, 6.07) is 7.37. The molecule has 106 valence electrons. The summed E-state index contributed by atoms with van der Waals surface area (Å²) in [6.45, 7) is 3.05. The molecule has 20 heavy (non-hydrogen) atoms. The number of likely N-dealkylation sites (N-methyl/N-ethyl adjacent to an activating group) is 1. The third-order valence-electron chi connectivity index (χ3n) is 4.32. The fourth-order valence-electron chi connectivity index (χ4n) is 3.12. The Hall–Kier alpha value is -1.61. The molecule has 0 amide bonds. The van der Waals surface area contributed by atoms with Gasteiger partial charge in [0.15, 0.2) is 0 Å². The minimum atomic E-state index is 0.371. The second-order valence-corrected chi connectivity index (χ2v) is 5.63. The van der Waals surface area contributed by atoms with Crippen molar-refractivity contribution < 1.29 is 0 Å². The second kappa shape index (κ2) is 5.80. The molecule has 1 aromatic heterocycles. The van der Waals surface area contributed by atoms with Gasteiger partial charge in [0.25, 0.3) is 0 Å². The molecular weight excluding hydrogens is 246 g/mol. The van der Waals surface area contributed by atoms with E-state index in [2.05, 4.69) is 41.7 Å². The van der Waals surface area contributed by atoms with Gasteiger partial charge in [-0.15, -0.1) is 0 Å². The molecule has 2 aromatic rings. The number of aromatic nitrogens is 2. The molecule has 3 rings (SSSR count). The van der Waals surface area contributed by atoms with Crippen LogP contribution in [0.15, 0.2) is 30.6 Å². The minimum absolute atomic E-state index is 0.371. The van der Waals surface area contributed by atoms with Gasteiger partial charge in [-0.2, -0.15) is 5.10 Å². The van der Waals surface area contributed by atoms with Crippen LogP contribution in [0.25, 0.3) is 0 Å². The maximum absolute atomic E-state index is 4.36. The molecule has 1 aliphatic rings. The molecular formula is C17H23N3. The van der Waals surface area contributed by atoms with Gasteiger partial charge in [0.2, 0.25) is 0 Å². The van der Waals surface area contributed by atoms with Crippen LogP contribution in [-0.2, 0) is 25.8 Å². The number of nitrogens with one attached hydrogen (secondary N) is 1. The van der Waals surface area contributed by atoms with Gasteiger partial charge in [0.1, 0.15) is 0 Å². The van der Waals surface area contributed by atoms with Crippen molar-refractivity contribution in [3.8, 4) is 0 Å². The molecule has 0 saturated carbocycles. The lowest BCUT2D eigenvalue weighted by molar-refractivity contribution is 0.590. The normalized spacial score (nSPS) is 15.3. The number of nitrogens with zero attached hydrogens (tertiary/aromatic N) is 2. The number of fused-ring (bicyclic) bond motifs is 1. The molecule has 0 saturated heterocycles. The Morgan fingerprint density at radius 1 is 1.30 bits per heavy atom. The van der Waals surface area contributed by atoms with Crippen LogP contribution in [0.2, 0.25) is 0 Å². The molecule has 0 spiro atoms. The van der Waals surface area contributed by atoms with E-state index in [9.17, 15) is 0 Å². The molecule has 0 radical (unpaired) electrons. The maximum Gasteiger partial charge on any atom is 0.0522 e. The van der Waals surface area contributed by atoms with Gasteiger partial charge in [-0.3, -0.25) is 4.68 Å². The molecule has 1 aliphatic carbocycles. The molecule has 0 bridgehead atoms. The van der Waals surface area contributed by atoms with E-state index in [-0.39, 0.29) is 0 Å². The van der Waals surface area contributed by atoms with Crippen molar-refractivity contribution >= 4 is 0 Å². The molecule has 3 nitrogen and oxygen atoms in total. The average molecular weight is 269 g/mol. The highest BCUT2D eigenvalue weighted by Gasteiger charge is 2.16. The predicted molar refractivity (Wildman–Crippen MR) is 81.9 cm³/mol. The zero-order valence-corrected chi connectivity index (χ0v) is 12.4. The Balaban J connectivity index is 1.79. The number of hydrogen-bond donors (Lipinski definition) is 1. The average Bonchev–Trinajstić information content (AvgIpc) is 3.12. The molecule has 1 atom stereocenters. The third-order valence-corrected chi connectivity index (χ3v) is 4.32. The van der Waals surface area contributed by atoms with E-state index in [0.29, 0.717) is 6.04 Å².